The van der Waals surface area contributed by atoms with Gasteiger partial charge in [0.05, 0.1) is 4.47 Å². The second-order valence-electron chi connectivity index (χ2n) is 5.85. The van der Waals surface area contributed by atoms with E-state index >= 15 is 0 Å². The maximum absolute atomic E-state index is 10.1. The smallest absolute Gasteiger partial charge is 0.150 e. The Labute approximate surface area is 205 Å². The number of hydrogen-bond acceptors (Lipinski definition) is 6. The van der Waals surface area contributed by atoms with E-state index in [1.165, 1.54) is 12.7 Å². The first kappa shape index (κ1) is 24.9. The lowest BCUT2D eigenvalue weighted by Crippen LogP contribution is -2.00. The molecule has 2 heterocycles. The van der Waals surface area contributed by atoms with E-state index in [0.717, 1.165) is 25.3 Å². The van der Waals surface area contributed by atoms with E-state index < -0.39 is 6.10 Å². The Morgan fingerprint density at radius 1 is 0.645 bits per heavy atom. The molecule has 1 atom stereocenters. The summed E-state index contributed by atoms with van der Waals surface area (Å²) < 4.78 is 2.89. The van der Waals surface area contributed by atoms with Gasteiger partial charge in [0.25, 0.3) is 0 Å². The summed E-state index contributed by atoms with van der Waals surface area (Å²) in [6.45, 7) is 0. The maximum Gasteiger partial charge on any atom is 0.150 e. The highest BCUT2D eigenvalue weighted by Gasteiger charge is 2.09. The number of hydrogen-bond donors (Lipinski definition) is 1. The third-order valence-electron chi connectivity index (χ3n) is 3.62. The van der Waals surface area contributed by atoms with Crippen molar-refractivity contribution in [3.63, 3.8) is 0 Å². The highest BCUT2D eigenvalue weighted by atomic mass is 79.9. The molecule has 0 bridgehead atoms. The van der Waals surface area contributed by atoms with Gasteiger partial charge in [-0.3, -0.25) is 4.79 Å². The Balaban J connectivity index is 0.000000181. The lowest BCUT2D eigenvalue weighted by Gasteiger charge is -2.09. The van der Waals surface area contributed by atoms with Gasteiger partial charge in [-0.05, 0) is 45.8 Å². The van der Waals surface area contributed by atoms with Crippen LogP contribution >= 0.6 is 47.8 Å². The molecule has 4 aromatic rings. The minimum atomic E-state index is -0.667. The van der Waals surface area contributed by atoms with Gasteiger partial charge in [0, 0.05) is 44.9 Å². The fourth-order valence-electron chi connectivity index (χ4n) is 2.11. The Kier molecular flexibility index (Phi) is 11.2. The molecular weight excluding hydrogens is 592 g/mol. The number of carbonyl (C=O) groups is 1. The number of halogens is 3. The van der Waals surface area contributed by atoms with Crippen molar-refractivity contribution in [3.05, 3.63) is 116 Å². The molecule has 1 unspecified atom stereocenters. The molecule has 6 nitrogen and oxygen atoms in total. The van der Waals surface area contributed by atoms with E-state index in [9.17, 15) is 9.90 Å². The monoisotopic (exact) mass is 606 g/mol. The first-order valence-electron chi connectivity index (χ1n) is 8.79. The van der Waals surface area contributed by atoms with Gasteiger partial charge in [-0.15, -0.1) is 0 Å². The van der Waals surface area contributed by atoms with Gasteiger partial charge in [0.15, 0.2) is 0 Å². The van der Waals surface area contributed by atoms with Crippen LogP contribution in [0.25, 0.3) is 0 Å². The molecule has 0 spiro atoms. The van der Waals surface area contributed by atoms with Crippen molar-refractivity contribution in [2.45, 2.75) is 6.10 Å². The standard InChI is InChI=1S/C11H9BrN2O.C7H5BrO.C4H3BrN2/c12-10-3-1-8(2-4-10)11(15)9-5-13-7-14-6-9;8-7-3-1-6(5-9)2-4-7;5-4-1-6-3-7-2-4/h1-7,11,15H;1-5H;1-3H. The Bertz CT molecular complexity index is 1040. The lowest BCUT2D eigenvalue weighted by molar-refractivity contribution is 0.112. The number of aliphatic hydroxyl groups excluding tert-OH is 1. The summed E-state index contributed by atoms with van der Waals surface area (Å²) in [7, 11) is 0. The molecule has 0 amide bonds. The SMILES string of the molecule is Brc1cncnc1.O=Cc1ccc(Br)cc1.OC(c1ccc(Br)cc1)c1cncnc1. The van der Waals surface area contributed by atoms with Crippen LogP contribution in [0.3, 0.4) is 0 Å². The van der Waals surface area contributed by atoms with Crippen LogP contribution in [0.4, 0.5) is 0 Å². The number of aliphatic hydroxyl groups is 1. The average molecular weight is 609 g/mol. The number of rotatable bonds is 3. The number of aromatic nitrogens is 4. The molecule has 4 rings (SSSR count). The highest BCUT2D eigenvalue weighted by molar-refractivity contribution is 9.11. The summed E-state index contributed by atoms with van der Waals surface area (Å²) in [5.41, 5.74) is 2.23. The summed E-state index contributed by atoms with van der Waals surface area (Å²) in [5, 5.41) is 9.99. The molecule has 0 aliphatic carbocycles. The molecule has 0 saturated heterocycles. The minimum Gasteiger partial charge on any atom is -0.384 e. The van der Waals surface area contributed by atoms with Crippen molar-refractivity contribution in [2.75, 3.05) is 0 Å². The molecule has 0 saturated carbocycles. The van der Waals surface area contributed by atoms with Gasteiger partial charge >= 0.3 is 0 Å². The van der Waals surface area contributed by atoms with Crippen LogP contribution in [0.1, 0.15) is 27.6 Å². The van der Waals surface area contributed by atoms with Crippen LogP contribution < -0.4 is 0 Å². The van der Waals surface area contributed by atoms with Gasteiger partial charge in [0.1, 0.15) is 25.0 Å². The zero-order valence-corrected chi connectivity index (χ0v) is 20.8. The van der Waals surface area contributed by atoms with Crippen molar-refractivity contribution in [2.24, 2.45) is 0 Å². The summed E-state index contributed by atoms with van der Waals surface area (Å²) >= 11 is 9.79. The first-order valence-corrected chi connectivity index (χ1v) is 11.2. The Hall–Kier alpha value is -2.33. The molecule has 2 aromatic carbocycles. The number of aldehydes is 1. The average Bonchev–Trinajstić information content (AvgIpc) is 2.82. The highest BCUT2D eigenvalue weighted by Crippen LogP contribution is 2.22. The van der Waals surface area contributed by atoms with E-state index in [0.29, 0.717) is 11.1 Å². The molecule has 31 heavy (non-hydrogen) atoms. The molecule has 158 valence electrons. The van der Waals surface area contributed by atoms with Gasteiger partial charge in [-0.1, -0.05) is 56.1 Å². The molecule has 1 N–H and O–H groups in total. The van der Waals surface area contributed by atoms with E-state index in [1.54, 1.807) is 36.9 Å². The van der Waals surface area contributed by atoms with Gasteiger partial charge in [-0.2, -0.15) is 0 Å². The fourth-order valence-corrected chi connectivity index (χ4v) is 2.88. The van der Waals surface area contributed by atoms with E-state index in [-0.39, 0.29) is 0 Å². The van der Waals surface area contributed by atoms with Crippen molar-refractivity contribution in [1.82, 2.24) is 19.9 Å². The van der Waals surface area contributed by atoms with Gasteiger partial charge in [0.2, 0.25) is 0 Å². The van der Waals surface area contributed by atoms with E-state index in [1.807, 2.05) is 36.4 Å². The van der Waals surface area contributed by atoms with Crippen molar-refractivity contribution in [3.8, 4) is 0 Å². The van der Waals surface area contributed by atoms with Crippen LogP contribution in [0.2, 0.25) is 0 Å². The normalized spacial score (nSPS) is 10.6. The van der Waals surface area contributed by atoms with Crippen molar-refractivity contribution >= 4 is 54.1 Å². The summed E-state index contributed by atoms with van der Waals surface area (Å²) in [6, 6.07) is 14.7. The van der Waals surface area contributed by atoms with Crippen molar-refractivity contribution in [1.29, 1.82) is 0 Å². The lowest BCUT2D eigenvalue weighted by atomic mass is 10.0. The third kappa shape index (κ3) is 9.56. The molecular formula is C22H17Br3N4O2. The minimum absolute atomic E-state index is 0.667. The largest absolute Gasteiger partial charge is 0.384 e. The first-order chi connectivity index (χ1) is 15.0. The number of carbonyl (C=O) groups excluding carboxylic acids is 1. The van der Waals surface area contributed by atoms with E-state index in [2.05, 4.69) is 67.7 Å². The van der Waals surface area contributed by atoms with E-state index in [4.69, 9.17) is 0 Å². The Morgan fingerprint density at radius 3 is 1.52 bits per heavy atom. The summed E-state index contributed by atoms with van der Waals surface area (Å²) in [6.07, 6.45) is 9.69. The topological polar surface area (TPSA) is 88.9 Å². The fraction of sp³-hybridized carbons (Fsp3) is 0.0455. The summed E-state index contributed by atoms with van der Waals surface area (Å²) in [5.74, 6) is 0. The Morgan fingerprint density at radius 2 is 1.10 bits per heavy atom. The predicted octanol–water partition coefficient (Wildman–Crippen LogP) is 5.82. The zero-order chi connectivity index (χ0) is 22.5. The molecule has 2 aromatic heterocycles. The maximum atomic E-state index is 10.1. The van der Waals surface area contributed by atoms with Crippen LogP contribution in [0.15, 0.2) is 99.4 Å². The second-order valence-corrected chi connectivity index (χ2v) is 8.60. The van der Waals surface area contributed by atoms with Crippen LogP contribution in [0.5, 0.6) is 0 Å². The molecule has 9 heteroatoms. The number of nitrogens with zero attached hydrogens (tertiary/aromatic N) is 4. The molecule has 0 aliphatic rings. The van der Waals surface area contributed by atoms with Crippen LogP contribution in [-0.4, -0.2) is 31.3 Å². The number of benzene rings is 2. The third-order valence-corrected chi connectivity index (χ3v) is 5.08. The quantitative estimate of drug-likeness (QED) is 0.295. The molecule has 0 radical (unpaired) electrons. The molecule has 0 fully saturated rings. The molecule has 0 aliphatic heterocycles. The zero-order valence-electron chi connectivity index (χ0n) is 16.0. The van der Waals surface area contributed by atoms with Crippen molar-refractivity contribution < 1.29 is 9.90 Å². The van der Waals surface area contributed by atoms with Gasteiger partial charge in [-0.25, -0.2) is 19.9 Å². The summed E-state index contributed by atoms with van der Waals surface area (Å²) in [4.78, 5) is 25.3. The van der Waals surface area contributed by atoms with Gasteiger partial charge < -0.3 is 5.11 Å². The second kappa shape index (κ2) is 13.9. The van der Waals surface area contributed by atoms with Crippen LogP contribution in [0, 0.1) is 0 Å². The van der Waals surface area contributed by atoms with Crippen LogP contribution in [-0.2, 0) is 0 Å². The predicted molar refractivity (Wildman–Crippen MR) is 129 cm³/mol.